The molecule has 0 aliphatic carbocycles. The fraction of sp³-hybridized carbons (Fsp3) is 0.571. The molecule has 0 radical (unpaired) electrons. The fourth-order valence-corrected chi connectivity index (χ4v) is 1.70. The number of hydrogen-bond acceptors (Lipinski definition) is 4. The van der Waals surface area contributed by atoms with Crippen LogP contribution in [0.15, 0.2) is 18.3 Å². The first-order chi connectivity index (χ1) is 9.18. The van der Waals surface area contributed by atoms with Crippen LogP contribution < -0.4 is 11.1 Å². The van der Waals surface area contributed by atoms with Gasteiger partial charge in [0.2, 0.25) is 5.95 Å². The molecule has 1 unspecified atom stereocenters. The Kier molecular flexibility index (Phi) is 5.05. The molecule has 0 fully saturated rings. The highest BCUT2D eigenvalue weighted by Crippen LogP contribution is 2.23. The summed E-state index contributed by atoms with van der Waals surface area (Å²) >= 11 is 0. The zero-order chi connectivity index (χ0) is 15.4. The smallest absolute Gasteiger partial charge is 0.407 e. The number of pyridine rings is 1. The number of nitrogens with two attached hydrogens (primary N) is 1. The molecule has 1 aromatic heterocycles. The maximum Gasteiger partial charge on any atom is 0.407 e. The van der Waals surface area contributed by atoms with Crippen molar-refractivity contribution in [3.05, 3.63) is 29.8 Å². The summed E-state index contributed by atoms with van der Waals surface area (Å²) in [5, 5.41) is 2.62. The van der Waals surface area contributed by atoms with E-state index in [1.165, 1.54) is 6.20 Å². The number of carbonyl (C=O) groups excluding carboxylic acids is 1. The van der Waals surface area contributed by atoms with Gasteiger partial charge in [0.15, 0.2) is 0 Å². The second-order valence-corrected chi connectivity index (χ2v) is 5.96. The van der Waals surface area contributed by atoms with Crippen molar-refractivity contribution in [2.24, 2.45) is 5.73 Å². The molecule has 0 saturated heterocycles. The van der Waals surface area contributed by atoms with Crippen molar-refractivity contribution in [1.29, 1.82) is 0 Å². The van der Waals surface area contributed by atoms with Crippen LogP contribution in [-0.2, 0) is 10.2 Å². The van der Waals surface area contributed by atoms with Gasteiger partial charge in [-0.2, -0.15) is 4.39 Å². The Labute approximate surface area is 118 Å². The lowest BCUT2D eigenvalue weighted by atomic mass is 9.83. The third-order valence-corrected chi connectivity index (χ3v) is 2.88. The lowest BCUT2D eigenvalue weighted by Gasteiger charge is -2.29. The van der Waals surface area contributed by atoms with Crippen LogP contribution in [0.5, 0.6) is 0 Å². The Morgan fingerprint density at radius 1 is 1.45 bits per heavy atom. The van der Waals surface area contributed by atoms with E-state index in [-0.39, 0.29) is 13.1 Å². The molecule has 0 aromatic carbocycles. The Hall–Kier alpha value is -1.69. The number of carbonyl (C=O) groups is 1. The summed E-state index contributed by atoms with van der Waals surface area (Å²) in [6, 6.07) is 3.26. The van der Waals surface area contributed by atoms with E-state index in [9.17, 15) is 9.18 Å². The van der Waals surface area contributed by atoms with E-state index in [2.05, 4.69) is 10.3 Å². The van der Waals surface area contributed by atoms with Crippen molar-refractivity contribution in [2.75, 3.05) is 13.1 Å². The summed E-state index contributed by atoms with van der Waals surface area (Å²) in [5.41, 5.74) is 4.79. The van der Waals surface area contributed by atoms with Crippen molar-refractivity contribution >= 4 is 6.09 Å². The van der Waals surface area contributed by atoms with E-state index in [1.54, 1.807) is 39.8 Å². The van der Waals surface area contributed by atoms with Gasteiger partial charge in [0.05, 0.1) is 0 Å². The molecule has 0 aliphatic heterocycles. The molecule has 3 N–H and O–H groups in total. The van der Waals surface area contributed by atoms with Crippen molar-refractivity contribution in [1.82, 2.24) is 10.3 Å². The maximum absolute atomic E-state index is 13.8. The molecule has 6 heteroatoms. The largest absolute Gasteiger partial charge is 0.444 e. The summed E-state index contributed by atoms with van der Waals surface area (Å²) in [6.45, 7) is 7.43. The van der Waals surface area contributed by atoms with Gasteiger partial charge in [-0.05, 0) is 26.8 Å². The summed E-state index contributed by atoms with van der Waals surface area (Å²) in [5.74, 6) is -0.577. The number of amides is 1. The summed E-state index contributed by atoms with van der Waals surface area (Å²) in [6.07, 6.45) is 0.818. The highest BCUT2D eigenvalue weighted by atomic mass is 19.1. The number of alkyl carbamates (subject to hydrolysis) is 1. The van der Waals surface area contributed by atoms with Gasteiger partial charge in [-0.25, -0.2) is 9.78 Å². The van der Waals surface area contributed by atoms with Crippen molar-refractivity contribution in [3.63, 3.8) is 0 Å². The van der Waals surface area contributed by atoms with Gasteiger partial charge in [0.25, 0.3) is 0 Å². The van der Waals surface area contributed by atoms with Gasteiger partial charge >= 0.3 is 6.09 Å². The molecule has 0 saturated carbocycles. The van der Waals surface area contributed by atoms with Crippen LogP contribution in [0.1, 0.15) is 33.3 Å². The number of nitrogens with one attached hydrogen (secondary N) is 1. The third kappa shape index (κ3) is 4.45. The number of ether oxygens (including phenoxy) is 1. The number of hydrogen-bond donors (Lipinski definition) is 2. The summed E-state index contributed by atoms with van der Waals surface area (Å²) in [4.78, 5) is 15.3. The normalized spacial score (nSPS) is 14.5. The molecule has 0 bridgehead atoms. The Bertz CT molecular complexity index is 474. The minimum atomic E-state index is -0.741. The molecule has 5 nitrogen and oxygen atoms in total. The Balaban J connectivity index is 2.77. The van der Waals surface area contributed by atoms with Gasteiger partial charge in [0, 0.05) is 30.3 Å². The second kappa shape index (κ2) is 6.17. The molecule has 1 rings (SSSR count). The lowest BCUT2D eigenvalue weighted by molar-refractivity contribution is 0.0516. The third-order valence-electron chi connectivity index (χ3n) is 2.88. The zero-order valence-electron chi connectivity index (χ0n) is 12.4. The summed E-state index contributed by atoms with van der Waals surface area (Å²) < 4.78 is 18.9. The zero-order valence-corrected chi connectivity index (χ0v) is 12.4. The average Bonchev–Trinajstić information content (AvgIpc) is 2.34. The number of aromatic nitrogens is 1. The number of nitrogens with zero attached hydrogens (tertiary/aromatic N) is 1. The average molecular weight is 283 g/mol. The predicted molar refractivity (Wildman–Crippen MR) is 74.8 cm³/mol. The number of halogens is 1. The fourth-order valence-electron chi connectivity index (χ4n) is 1.70. The van der Waals surface area contributed by atoms with Crippen molar-refractivity contribution in [2.45, 2.75) is 38.7 Å². The molecular formula is C14H22FN3O2. The second-order valence-electron chi connectivity index (χ2n) is 5.96. The molecule has 0 spiro atoms. The molecule has 1 aromatic rings. The van der Waals surface area contributed by atoms with Crippen LogP contribution in [0.4, 0.5) is 9.18 Å². The van der Waals surface area contributed by atoms with Gasteiger partial charge in [-0.15, -0.1) is 0 Å². The van der Waals surface area contributed by atoms with Gasteiger partial charge in [-0.3, -0.25) is 0 Å². The van der Waals surface area contributed by atoms with E-state index in [0.29, 0.717) is 5.56 Å². The van der Waals surface area contributed by atoms with Crippen LogP contribution >= 0.6 is 0 Å². The Morgan fingerprint density at radius 2 is 2.10 bits per heavy atom. The van der Waals surface area contributed by atoms with Crippen molar-refractivity contribution in [3.8, 4) is 0 Å². The maximum atomic E-state index is 13.8. The first-order valence-corrected chi connectivity index (χ1v) is 6.46. The van der Waals surface area contributed by atoms with Crippen LogP contribution in [0.25, 0.3) is 0 Å². The quantitative estimate of drug-likeness (QED) is 0.828. The molecule has 0 aliphatic rings. The lowest BCUT2D eigenvalue weighted by Crippen LogP contribution is -2.45. The van der Waals surface area contributed by atoms with Crippen LogP contribution in [0, 0.1) is 5.95 Å². The van der Waals surface area contributed by atoms with Crippen LogP contribution in [0.3, 0.4) is 0 Å². The topological polar surface area (TPSA) is 77.2 Å². The van der Waals surface area contributed by atoms with E-state index in [1.807, 2.05) is 0 Å². The molecule has 1 atom stereocenters. The van der Waals surface area contributed by atoms with Crippen LogP contribution in [0.2, 0.25) is 0 Å². The molecule has 1 heterocycles. The van der Waals surface area contributed by atoms with Crippen molar-refractivity contribution < 1.29 is 13.9 Å². The first-order valence-electron chi connectivity index (χ1n) is 6.46. The van der Waals surface area contributed by atoms with E-state index in [0.717, 1.165) is 0 Å². The first kappa shape index (κ1) is 16.4. The molecule has 1 amide bonds. The highest BCUT2D eigenvalue weighted by molar-refractivity contribution is 5.67. The standard InChI is InChI=1S/C14H22FN3O2/c1-13(2,3)20-12(19)18-9-14(4,8-16)10-6-5-7-17-11(10)15/h5-7H,8-9,16H2,1-4H3,(H,18,19). The number of rotatable bonds is 4. The molecular weight excluding hydrogens is 261 g/mol. The van der Waals surface area contributed by atoms with Gasteiger partial charge in [-0.1, -0.05) is 13.0 Å². The highest BCUT2D eigenvalue weighted by Gasteiger charge is 2.30. The summed E-state index contributed by atoms with van der Waals surface area (Å²) in [7, 11) is 0. The van der Waals surface area contributed by atoms with E-state index in [4.69, 9.17) is 10.5 Å². The van der Waals surface area contributed by atoms with Gasteiger partial charge < -0.3 is 15.8 Å². The molecule has 20 heavy (non-hydrogen) atoms. The van der Waals surface area contributed by atoms with Gasteiger partial charge in [0.1, 0.15) is 5.60 Å². The predicted octanol–water partition coefficient (Wildman–Crippen LogP) is 1.96. The van der Waals surface area contributed by atoms with E-state index >= 15 is 0 Å². The minimum absolute atomic E-state index is 0.168. The monoisotopic (exact) mass is 283 g/mol. The molecule has 112 valence electrons. The Morgan fingerprint density at radius 3 is 2.60 bits per heavy atom. The van der Waals surface area contributed by atoms with Crippen LogP contribution in [-0.4, -0.2) is 29.8 Å². The van der Waals surface area contributed by atoms with E-state index < -0.39 is 23.1 Å². The minimum Gasteiger partial charge on any atom is -0.444 e. The SMILES string of the molecule is CC(C)(C)OC(=O)NCC(C)(CN)c1cccnc1F.